The molecule has 0 saturated heterocycles. The fourth-order valence-corrected chi connectivity index (χ4v) is 0.124. The van der Waals surface area contributed by atoms with Crippen LogP contribution in [-0.2, 0) is 0 Å². The first kappa shape index (κ1) is 31.5. The summed E-state index contributed by atoms with van der Waals surface area (Å²) >= 11 is 0. The summed E-state index contributed by atoms with van der Waals surface area (Å²) in [5.74, 6) is -5.90. The van der Waals surface area contributed by atoms with Crippen molar-refractivity contribution >= 4 is 0 Å². The average Bonchev–Trinajstić information content (AvgIpc) is 2.05. The Morgan fingerprint density at radius 2 is 0.560 bits per heavy atom. The number of rotatable bonds is 1. The molecular weight excluding hydrogens is 418 g/mol. The normalized spacial score (nSPS) is 13.0. The zero-order valence-corrected chi connectivity index (χ0v) is 10.9. The minimum Gasteiger partial charge on any atom is -0.242 e. The SMILES string of the molecule is FC(F)C(F)(F)C(F)(F)F.NC(F)(F)F.NC(F)(F)F.NC(F)(F)F. The van der Waals surface area contributed by atoms with Crippen LogP contribution in [0.3, 0.4) is 0 Å². The molecule has 0 spiro atoms. The molecule has 3 nitrogen and oxygen atoms in total. The highest BCUT2D eigenvalue weighted by Crippen LogP contribution is 2.39. The van der Waals surface area contributed by atoms with Gasteiger partial charge in [-0.2, -0.15) is 61.5 Å². The second kappa shape index (κ2) is 10.7. The quantitative estimate of drug-likeness (QED) is 0.442. The summed E-state index contributed by atoms with van der Waals surface area (Å²) in [4.78, 5) is 0. The third kappa shape index (κ3) is 51.8. The Morgan fingerprint density at radius 3 is 0.560 bits per heavy atom. The summed E-state index contributed by atoms with van der Waals surface area (Å²) in [5, 5.41) is 0. The topological polar surface area (TPSA) is 78.1 Å². The maximum atomic E-state index is 11.2. The van der Waals surface area contributed by atoms with Crippen molar-refractivity contribution in [1.29, 1.82) is 0 Å². The first-order valence-electron chi connectivity index (χ1n) is 4.49. The highest BCUT2D eigenvalue weighted by Gasteiger charge is 2.64. The van der Waals surface area contributed by atoms with Gasteiger partial charge in [-0.05, 0) is 0 Å². The Bertz CT molecular complexity index is 274. The van der Waals surface area contributed by atoms with E-state index in [0.29, 0.717) is 0 Å². The van der Waals surface area contributed by atoms with Gasteiger partial charge in [-0.15, -0.1) is 0 Å². The number of hydrogen-bond donors (Lipinski definition) is 3. The molecule has 0 aromatic rings. The molecule has 0 saturated carbocycles. The molecule has 0 aliphatic heterocycles. The Balaban J connectivity index is -0.000000126. The lowest BCUT2D eigenvalue weighted by molar-refractivity contribution is -0.320. The lowest BCUT2D eigenvalue weighted by atomic mass is 10.3. The molecule has 0 aromatic heterocycles. The number of hydrogen-bond acceptors (Lipinski definition) is 3. The zero-order valence-electron chi connectivity index (χ0n) is 10.9. The van der Waals surface area contributed by atoms with Crippen LogP contribution < -0.4 is 17.2 Å². The second-order valence-corrected chi connectivity index (χ2v) is 3.05. The van der Waals surface area contributed by atoms with E-state index in [1.165, 1.54) is 0 Å². The standard InChI is InChI=1S/C3HF7.3CH2F3N/c4-1(5)2(6,7)3(8,9)10;3*2-1(3,4)5/h1H;3*5H2. The predicted octanol–water partition coefficient (Wildman–Crippen LogP) is 3.84. The molecule has 0 rings (SSSR count). The maximum absolute atomic E-state index is 11.2. The van der Waals surface area contributed by atoms with Gasteiger partial charge in [-0.25, -0.2) is 26.0 Å². The van der Waals surface area contributed by atoms with Gasteiger partial charge in [0, 0.05) is 0 Å². The summed E-state index contributed by atoms with van der Waals surface area (Å²) < 4.78 is 168. The van der Waals surface area contributed by atoms with Crippen molar-refractivity contribution in [3.8, 4) is 0 Å². The highest BCUT2D eigenvalue weighted by molar-refractivity contribution is 4.77. The summed E-state index contributed by atoms with van der Waals surface area (Å²) in [7, 11) is 0. The van der Waals surface area contributed by atoms with Crippen LogP contribution in [0.1, 0.15) is 0 Å². The van der Waals surface area contributed by atoms with Crippen LogP contribution in [0, 0.1) is 0 Å². The van der Waals surface area contributed by atoms with Gasteiger partial charge < -0.3 is 0 Å². The number of alkyl halides is 16. The predicted molar refractivity (Wildman–Crippen MR) is 47.7 cm³/mol. The van der Waals surface area contributed by atoms with E-state index >= 15 is 0 Å². The van der Waals surface area contributed by atoms with E-state index in [1.807, 2.05) is 0 Å². The van der Waals surface area contributed by atoms with Gasteiger partial charge in [-0.1, -0.05) is 0 Å². The molecule has 6 N–H and O–H groups in total. The Labute approximate surface area is 126 Å². The largest absolute Gasteiger partial charge is 0.459 e. The molecule has 158 valence electrons. The smallest absolute Gasteiger partial charge is 0.242 e. The molecule has 0 bridgehead atoms. The van der Waals surface area contributed by atoms with Crippen molar-refractivity contribution in [2.45, 2.75) is 37.4 Å². The van der Waals surface area contributed by atoms with Crippen molar-refractivity contribution in [3.05, 3.63) is 0 Å². The summed E-state index contributed by atoms with van der Waals surface area (Å²) in [6.45, 7) is 0. The fraction of sp³-hybridized carbons (Fsp3) is 1.00. The van der Waals surface area contributed by atoms with E-state index in [9.17, 15) is 70.2 Å². The van der Waals surface area contributed by atoms with Crippen molar-refractivity contribution in [1.82, 2.24) is 0 Å². The molecule has 0 radical (unpaired) electrons. The van der Waals surface area contributed by atoms with Gasteiger partial charge >= 0.3 is 37.4 Å². The molecule has 0 amide bonds. The maximum Gasteiger partial charge on any atom is 0.459 e. The third-order valence-corrected chi connectivity index (χ3v) is 0.652. The molecule has 0 aromatic carbocycles. The average molecular weight is 425 g/mol. The molecule has 0 aliphatic carbocycles. The van der Waals surface area contributed by atoms with Crippen LogP contribution in [0.2, 0.25) is 0 Å². The highest BCUT2D eigenvalue weighted by atomic mass is 19.4. The number of halogens is 16. The minimum absolute atomic E-state index is 3.35. The summed E-state index contributed by atoms with van der Waals surface area (Å²) in [6.07, 6.45) is -24.4. The van der Waals surface area contributed by atoms with E-state index in [-0.39, 0.29) is 0 Å². The molecule has 0 atom stereocenters. The Kier molecular flexibility index (Phi) is 13.5. The second-order valence-electron chi connectivity index (χ2n) is 3.05. The fourth-order valence-electron chi connectivity index (χ4n) is 0.124. The van der Waals surface area contributed by atoms with Gasteiger partial charge in [0.05, 0.1) is 0 Å². The summed E-state index contributed by atoms with van der Waals surface area (Å²) in [5.41, 5.74) is 10.1. The van der Waals surface area contributed by atoms with Crippen molar-refractivity contribution in [2.75, 3.05) is 0 Å². The van der Waals surface area contributed by atoms with E-state index in [2.05, 4.69) is 17.2 Å². The van der Waals surface area contributed by atoms with Crippen LogP contribution >= 0.6 is 0 Å². The minimum atomic E-state index is -6.17. The first-order valence-corrected chi connectivity index (χ1v) is 4.49. The van der Waals surface area contributed by atoms with E-state index in [1.54, 1.807) is 0 Å². The zero-order chi connectivity index (χ0) is 22.1. The van der Waals surface area contributed by atoms with E-state index in [4.69, 9.17) is 0 Å². The van der Waals surface area contributed by atoms with E-state index < -0.39 is 37.4 Å². The molecule has 19 heteroatoms. The van der Waals surface area contributed by atoms with Crippen molar-refractivity contribution in [3.63, 3.8) is 0 Å². The van der Waals surface area contributed by atoms with Gasteiger partial charge in [0.15, 0.2) is 0 Å². The van der Waals surface area contributed by atoms with Crippen molar-refractivity contribution < 1.29 is 70.2 Å². The van der Waals surface area contributed by atoms with Crippen LogP contribution in [0.15, 0.2) is 0 Å². The lowest BCUT2D eigenvalue weighted by Gasteiger charge is -2.17. The monoisotopic (exact) mass is 425 g/mol. The Hall–Kier alpha value is -1.24. The number of nitrogens with two attached hydrogens (primary N) is 3. The van der Waals surface area contributed by atoms with Gasteiger partial charge in [0.25, 0.3) is 0 Å². The van der Waals surface area contributed by atoms with Crippen LogP contribution in [0.5, 0.6) is 0 Å². The molecule has 0 aliphatic rings. The molecule has 0 unspecified atom stereocenters. The van der Waals surface area contributed by atoms with E-state index in [0.717, 1.165) is 0 Å². The van der Waals surface area contributed by atoms with Gasteiger partial charge in [0.2, 0.25) is 0 Å². The van der Waals surface area contributed by atoms with Gasteiger partial charge in [0.1, 0.15) is 0 Å². The lowest BCUT2D eigenvalue weighted by Crippen LogP contribution is -2.42. The molecule has 25 heavy (non-hydrogen) atoms. The van der Waals surface area contributed by atoms with Gasteiger partial charge in [-0.3, -0.25) is 0 Å². The molecule has 0 heterocycles. The van der Waals surface area contributed by atoms with Crippen LogP contribution in [0.4, 0.5) is 70.2 Å². The van der Waals surface area contributed by atoms with Crippen LogP contribution in [0.25, 0.3) is 0 Å². The Morgan fingerprint density at radius 1 is 0.440 bits per heavy atom. The molecule has 0 fully saturated rings. The third-order valence-electron chi connectivity index (χ3n) is 0.652. The van der Waals surface area contributed by atoms with Crippen molar-refractivity contribution in [2.24, 2.45) is 17.2 Å². The van der Waals surface area contributed by atoms with Crippen LogP contribution in [-0.4, -0.2) is 37.4 Å². The first-order chi connectivity index (χ1) is 10.2. The molecular formula is C6H7F16N3. The summed E-state index contributed by atoms with van der Waals surface area (Å²) in [6, 6.07) is 0.